The summed E-state index contributed by atoms with van der Waals surface area (Å²) in [5.74, 6) is -0.0427. The first-order chi connectivity index (χ1) is 14.7. The van der Waals surface area contributed by atoms with Crippen molar-refractivity contribution in [3.63, 3.8) is 0 Å². The Balaban J connectivity index is 1.32. The Hall–Kier alpha value is -2.97. The lowest BCUT2D eigenvalue weighted by Crippen LogP contribution is -2.50. The molecule has 4 aromatic rings. The molecule has 8 heteroatoms. The topological polar surface area (TPSA) is 58.4 Å². The Morgan fingerprint density at radius 1 is 1.00 bits per heavy atom. The van der Waals surface area contributed by atoms with Gasteiger partial charge in [0.1, 0.15) is 11.4 Å². The number of thiophene rings is 2. The van der Waals surface area contributed by atoms with E-state index in [1.54, 1.807) is 11.3 Å². The fraction of sp³-hybridized carbons (Fsp3) is 0.227. The van der Waals surface area contributed by atoms with Crippen LogP contribution in [0.15, 0.2) is 64.3 Å². The minimum atomic E-state index is -0.152. The molecule has 1 fully saturated rings. The van der Waals surface area contributed by atoms with Gasteiger partial charge in [0.15, 0.2) is 0 Å². The lowest BCUT2D eigenvalue weighted by Gasteiger charge is -2.36. The molecule has 30 heavy (non-hydrogen) atoms. The summed E-state index contributed by atoms with van der Waals surface area (Å²) < 4.78 is 1.44. The molecule has 0 spiro atoms. The highest BCUT2D eigenvalue weighted by molar-refractivity contribution is 7.18. The van der Waals surface area contributed by atoms with Crippen molar-refractivity contribution < 1.29 is 4.79 Å². The van der Waals surface area contributed by atoms with E-state index in [2.05, 4.69) is 22.0 Å². The maximum Gasteiger partial charge on any atom is 0.263 e. The van der Waals surface area contributed by atoms with E-state index in [9.17, 15) is 9.59 Å². The van der Waals surface area contributed by atoms with Crippen LogP contribution in [0.2, 0.25) is 0 Å². The number of nitrogens with zero attached hydrogens (tertiary/aromatic N) is 4. The molecular weight excluding hydrogens is 416 g/mol. The van der Waals surface area contributed by atoms with Crippen LogP contribution in [0.5, 0.6) is 0 Å². The third-order valence-electron chi connectivity index (χ3n) is 5.41. The number of hydrogen-bond acceptors (Lipinski definition) is 6. The summed E-state index contributed by atoms with van der Waals surface area (Å²) in [5, 5.41) is 4.57. The second-order valence-electron chi connectivity index (χ2n) is 7.19. The van der Waals surface area contributed by atoms with Gasteiger partial charge in [-0.05, 0) is 23.6 Å². The number of aromatic nitrogens is 2. The van der Waals surface area contributed by atoms with Crippen LogP contribution in [0.4, 0.5) is 5.69 Å². The minimum absolute atomic E-state index is 0.0207. The molecule has 1 amide bonds. The van der Waals surface area contributed by atoms with Gasteiger partial charge in [-0.15, -0.1) is 22.7 Å². The summed E-state index contributed by atoms with van der Waals surface area (Å²) in [6.07, 6.45) is 1.50. The summed E-state index contributed by atoms with van der Waals surface area (Å²) in [6.45, 7) is 2.89. The Kier molecular flexibility index (Phi) is 5.10. The van der Waals surface area contributed by atoms with Crippen molar-refractivity contribution in [3.8, 4) is 10.4 Å². The largest absolute Gasteiger partial charge is 0.368 e. The van der Waals surface area contributed by atoms with Crippen molar-refractivity contribution in [2.75, 3.05) is 31.1 Å². The van der Waals surface area contributed by atoms with Crippen molar-refractivity contribution >= 4 is 44.5 Å². The van der Waals surface area contributed by atoms with Crippen LogP contribution in [0.25, 0.3) is 20.7 Å². The number of para-hydroxylation sites is 1. The zero-order chi connectivity index (χ0) is 20.5. The van der Waals surface area contributed by atoms with E-state index >= 15 is 0 Å². The van der Waals surface area contributed by atoms with Gasteiger partial charge >= 0.3 is 0 Å². The van der Waals surface area contributed by atoms with E-state index in [1.165, 1.54) is 27.9 Å². The molecule has 1 aliphatic heterocycles. The third-order valence-corrected chi connectivity index (χ3v) is 7.20. The second-order valence-corrected chi connectivity index (χ2v) is 8.99. The van der Waals surface area contributed by atoms with Crippen molar-refractivity contribution in [2.24, 2.45) is 0 Å². The number of benzene rings is 1. The molecule has 0 atom stereocenters. The summed E-state index contributed by atoms with van der Waals surface area (Å²) in [6, 6.07) is 14.2. The number of amides is 1. The summed E-state index contributed by atoms with van der Waals surface area (Å²) in [5.41, 5.74) is 1.93. The Labute approximate surface area is 181 Å². The quantitative estimate of drug-likeness (QED) is 0.491. The van der Waals surface area contributed by atoms with Crippen molar-refractivity contribution in [1.82, 2.24) is 14.5 Å². The molecule has 0 unspecified atom stereocenters. The van der Waals surface area contributed by atoms with Crippen LogP contribution in [-0.4, -0.2) is 46.5 Å². The van der Waals surface area contributed by atoms with Crippen LogP contribution in [0.1, 0.15) is 0 Å². The van der Waals surface area contributed by atoms with Crippen LogP contribution >= 0.6 is 22.7 Å². The monoisotopic (exact) mass is 436 g/mol. The second kappa shape index (κ2) is 8.04. The van der Waals surface area contributed by atoms with Crippen LogP contribution in [0, 0.1) is 0 Å². The number of fused-ring (bicyclic) bond motifs is 1. The predicted octanol–water partition coefficient (Wildman–Crippen LogP) is 3.54. The number of carbonyl (C=O) groups is 1. The maximum absolute atomic E-state index is 13.1. The molecule has 0 bridgehead atoms. The SMILES string of the molecule is O=C(Cn1cnc2scc(-c3cccs3)c2c1=O)N1CCN(c2ccccc2)CC1. The van der Waals surface area contributed by atoms with Gasteiger partial charge in [-0.3, -0.25) is 14.2 Å². The Bertz CT molecular complexity index is 1220. The minimum Gasteiger partial charge on any atom is -0.368 e. The van der Waals surface area contributed by atoms with E-state index < -0.39 is 0 Å². The Morgan fingerprint density at radius 3 is 2.53 bits per heavy atom. The van der Waals surface area contributed by atoms with E-state index in [1.807, 2.05) is 46.0 Å². The van der Waals surface area contributed by atoms with E-state index in [-0.39, 0.29) is 18.0 Å². The average Bonchev–Trinajstić information content (AvgIpc) is 3.46. The van der Waals surface area contributed by atoms with Gasteiger partial charge in [0.05, 0.1) is 11.7 Å². The number of piperazine rings is 1. The fourth-order valence-corrected chi connectivity index (χ4v) is 5.51. The van der Waals surface area contributed by atoms with Crippen molar-refractivity contribution in [2.45, 2.75) is 6.54 Å². The third kappa shape index (κ3) is 3.53. The lowest BCUT2D eigenvalue weighted by atomic mass is 10.2. The van der Waals surface area contributed by atoms with E-state index in [0.717, 1.165) is 23.5 Å². The summed E-state index contributed by atoms with van der Waals surface area (Å²) in [7, 11) is 0. The molecule has 1 aliphatic rings. The first-order valence-corrected chi connectivity index (χ1v) is 11.5. The summed E-state index contributed by atoms with van der Waals surface area (Å²) in [4.78, 5) is 36.3. The normalized spacial score (nSPS) is 14.4. The molecular formula is C22H20N4O2S2. The highest BCUT2D eigenvalue weighted by atomic mass is 32.1. The molecule has 5 rings (SSSR count). The lowest BCUT2D eigenvalue weighted by molar-refractivity contribution is -0.132. The number of hydrogen-bond donors (Lipinski definition) is 0. The van der Waals surface area contributed by atoms with Gasteiger partial charge < -0.3 is 9.80 Å². The van der Waals surface area contributed by atoms with Gasteiger partial charge in [-0.25, -0.2) is 4.98 Å². The van der Waals surface area contributed by atoms with Crippen molar-refractivity contribution in [1.29, 1.82) is 0 Å². The molecule has 6 nitrogen and oxygen atoms in total. The fourth-order valence-electron chi connectivity index (χ4n) is 3.79. The Morgan fingerprint density at radius 2 is 1.80 bits per heavy atom. The maximum atomic E-state index is 13.1. The molecule has 0 N–H and O–H groups in total. The first-order valence-electron chi connectivity index (χ1n) is 9.79. The zero-order valence-corrected chi connectivity index (χ0v) is 17.9. The highest BCUT2D eigenvalue weighted by Crippen LogP contribution is 2.33. The van der Waals surface area contributed by atoms with Gasteiger partial charge in [-0.2, -0.15) is 0 Å². The number of rotatable bonds is 4. The van der Waals surface area contributed by atoms with Crippen LogP contribution in [0.3, 0.4) is 0 Å². The smallest absolute Gasteiger partial charge is 0.263 e. The van der Waals surface area contributed by atoms with Gasteiger partial charge in [0.25, 0.3) is 5.56 Å². The number of carbonyl (C=O) groups excluding carboxylic acids is 1. The molecule has 0 saturated carbocycles. The van der Waals surface area contributed by atoms with Gasteiger partial charge in [0, 0.05) is 47.7 Å². The predicted molar refractivity (Wildman–Crippen MR) is 122 cm³/mol. The number of anilines is 1. The van der Waals surface area contributed by atoms with E-state index in [0.29, 0.717) is 23.3 Å². The molecule has 1 saturated heterocycles. The molecule has 0 radical (unpaired) electrons. The van der Waals surface area contributed by atoms with Crippen molar-refractivity contribution in [3.05, 3.63) is 69.9 Å². The van der Waals surface area contributed by atoms with Gasteiger partial charge in [-0.1, -0.05) is 24.3 Å². The molecule has 0 aliphatic carbocycles. The molecule has 3 aromatic heterocycles. The van der Waals surface area contributed by atoms with Crippen LogP contribution in [-0.2, 0) is 11.3 Å². The molecule has 1 aromatic carbocycles. The molecule has 4 heterocycles. The first kappa shape index (κ1) is 19.0. The van der Waals surface area contributed by atoms with E-state index in [4.69, 9.17) is 0 Å². The van der Waals surface area contributed by atoms with Gasteiger partial charge in [0.2, 0.25) is 5.91 Å². The molecule has 152 valence electrons. The average molecular weight is 437 g/mol. The summed E-state index contributed by atoms with van der Waals surface area (Å²) >= 11 is 3.06. The standard InChI is InChI=1S/C22H20N4O2S2/c27-19(25-10-8-24(9-11-25)16-5-2-1-3-6-16)13-26-15-23-21-20(22(26)28)17(14-30-21)18-7-4-12-29-18/h1-7,12,14-15H,8-11,13H2. The zero-order valence-electron chi connectivity index (χ0n) is 16.2. The highest BCUT2D eigenvalue weighted by Gasteiger charge is 2.22. The van der Waals surface area contributed by atoms with Crippen LogP contribution < -0.4 is 10.5 Å².